The summed E-state index contributed by atoms with van der Waals surface area (Å²) in [6.45, 7) is 11.9. The Morgan fingerprint density at radius 3 is 2.47 bits per heavy atom. The van der Waals surface area contributed by atoms with E-state index in [1.54, 1.807) is 0 Å². The molecule has 1 aromatic rings. The van der Waals surface area contributed by atoms with Gasteiger partial charge in [0.25, 0.3) is 0 Å². The summed E-state index contributed by atoms with van der Waals surface area (Å²) in [4.78, 5) is 12.5. The molecule has 2 fully saturated rings. The largest absolute Gasteiger partial charge is 0.492 e. The van der Waals surface area contributed by atoms with Crippen LogP contribution in [0.1, 0.15) is 65.4 Å². The maximum atomic E-state index is 10.4. The fraction of sp³-hybridized carbons (Fsp3) is 0.679. The Hall–Kier alpha value is -1.89. The molecule has 1 aliphatic carbocycles. The molecule has 6 heteroatoms. The third-order valence-corrected chi connectivity index (χ3v) is 6.64. The highest BCUT2D eigenvalue weighted by atomic mass is 16.6. The van der Waals surface area contributed by atoms with Crippen molar-refractivity contribution < 1.29 is 24.1 Å². The Morgan fingerprint density at radius 2 is 1.91 bits per heavy atom. The number of ether oxygens (including phenoxy) is 3. The van der Waals surface area contributed by atoms with E-state index in [2.05, 4.69) is 38.7 Å². The van der Waals surface area contributed by atoms with Gasteiger partial charge in [-0.1, -0.05) is 36.6 Å². The first-order chi connectivity index (χ1) is 16.0. The Labute approximate surface area is 206 Å². The summed E-state index contributed by atoms with van der Waals surface area (Å²) in [5, 5.41) is 8.57. The molecule has 1 heterocycles. The summed E-state index contributed by atoms with van der Waals surface area (Å²) in [6.07, 6.45) is 8.01. The summed E-state index contributed by atoms with van der Waals surface area (Å²) in [5.41, 5.74) is 2.45. The molecule has 1 aromatic carbocycles. The van der Waals surface area contributed by atoms with E-state index in [1.165, 1.54) is 31.3 Å². The van der Waals surface area contributed by atoms with Gasteiger partial charge in [0.2, 0.25) is 0 Å². The fourth-order valence-electron chi connectivity index (χ4n) is 4.50. The highest BCUT2D eigenvalue weighted by molar-refractivity contribution is 5.67. The molecule has 2 aliphatic rings. The normalized spacial score (nSPS) is 21.6. The van der Waals surface area contributed by atoms with Crippen LogP contribution >= 0.6 is 0 Å². The Balaban J connectivity index is 0.000000240. The molecule has 1 saturated carbocycles. The van der Waals surface area contributed by atoms with Gasteiger partial charge < -0.3 is 24.2 Å². The van der Waals surface area contributed by atoms with Crippen molar-refractivity contribution in [2.75, 3.05) is 40.5 Å². The monoisotopic (exact) mass is 475 g/mol. The van der Waals surface area contributed by atoms with Gasteiger partial charge in [-0.25, -0.2) is 0 Å². The van der Waals surface area contributed by atoms with E-state index in [0.29, 0.717) is 18.9 Å². The number of hydrogen-bond acceptors (Lipinski definition) is 5. The Bertz CT molecular complexity index is 776. The Morgan fingerprint density at radius 1 is 1.24 bits per heavy atom. The minimum atomic E-state index is -0.767. The van der Waals surface area contributed by atoms with Crippen LogP contribution in [0.2, 0.25) is 0 Å². The molecular weight excluding hydrogens is 430 g/mol. The van der Waals surface area contributed by atoms with Gasteiger partial charge in [0, 0.05) is 18.9 Å². The standard InChI is InChI=1S/C15H26O2.C13H19NO3/c1-12(2)8-10-16-14(3,4)13-7-5-6-9-15(13)11-17-15;1-14(2)9-10-17-12-6-3-11(4-7-12)5-8-13(15)16/h8,13H,5-7,9-11H2,1-4H3;3-4,6-7H,5,8-10H2,1-2H3,(H,15,16). The highest BCUT2D eigenvalue weighted by Crippen LogP contribution is 2.51. The average molecular weight is 476 g/mol. The number of carboxylic acid groups (broad SMARTS) is 1. The van der Waals surface area contributed by atoms with Gasteiger partial charge in [0.1, 0.15) is 12.4 Å². The predicted octanol–water partition coefficient (Wildman–Crippen LogP) is 5.35. The lowest BCUT2D eigenvalue weighted by Gasteiger charge is -2.40. The zero-order chi connectivity index (χ0) is 25.2. The smallest absolute Gasteiger partial charge is 0.303 e. The topological polar surface area (TPSA) is 71.5 Å². The van der Waals surface area contributed by atoms with Crippen LogP contribution in [-0.2, 0) is 20.7 Å². The second-order valence-electron chi connectivity index (χ2n) is 10.5. The Kier molecular flexibility index (Phi) is 11.1. The molecule has 3 rings (SSSR count). The molecule has 1 N–H and O–H groups in total. The molecule has 1 aliphatic heterocycles. The number of carboxylic acids is 1. The molecular formula is C28H45NO5. The van der Waals surface area contributed by atoms with Crippen molar-refractivity contribution in [3.63, 3.8) is 0 Å². The van der Waals surface area contributed by atoms with Crippen LogP contribution in [0.25, 0.3) is 0 Å². The summed E-state index contributed by atoms with van der Waals surface area (Å²) in [6, 6.07) is 7.58. The molecule has 1 saturated heterocycles. The third kappa shape index (κ3) is 9.77. The van der Waals surface area contributed by atoms with Crippen LogP contribution in [-0.4, -0.2) is 67.6 Å². The fourth-order valence-corrected chi connectivity index (χ4v) is 4.50. The first-order valence-electron chi connectivity index (χ1n) is 12.5. The van der Waals surface area contributed by atoms with Gasteiger partial charge in [0.15, 0.2) is 0 Å². The van der Waals surface area contributed by atoms with Crippen LogP contribution < -0.4 is 4.74 Å². The molecule has 1 spiro atoms. The van der Waals surface area contributed by atoms with Crippen molar-refractivity contribution in [3.05, 3.63) is 41.5 Å². The van der Waals surface area contributed by atoms with E-state index >= 15 is 0 Å². The molecule has 6 nitrogen and oxygen atoms in total. The quantitative estimate of drug-likeness (QED) is 0.344. The SMILES string of the molecule is CC(C)=CCOC(C)(C)C1CCCCC12CO2.CN(C)CCOc1ccc(CCC(=O)O)cc1. The van der Waals surface area contributed by atoms with Crippen molar-refractivity contribution in [3.8, 4) is 5.75 Å². The number of allylic oxidation sites excluding steroid dienone is 1. The second kappa shape index (κ2) is 13.3. The summed E-state index contributed by atoms with van der Waals surface area (Å²) < 4.78 is 17.4. The third-order valence-electron chi connectivity index (χ3n) is 6.64. The summed E-state index contributed by atoms with van der Waals surface area (Å²) in [5.74, 6) is 0.622. The number of hydrogen-bond donors (Lipinski definition) is 1. The molecule has 0 amide bonds. The lowest BCUT2D eigenvalue weighted by Crippen LogP contribution is -2.45. The zero-order valence-corrected chi connectivity index (χ0v) is 22.1. The molecule has 192 valence electrons. The van der Waals surface area contributed by atoms with Crippen LogP contribution in [0, 0.1) is 5.92 Å². The maximum Gasteiger partial charge on any atom is 0.303 e. The van der Waals surface area contributed by atoms with E-state index in [1.807, 2.05) is 38.4 Å². The van der Waals surface area contributed by atoms with Crippen molar-refractivity contribution in [1.82, 2.24) is 4.90 Å². The first kappa shape index (κ1) is 28.3. The summed E-state index contributed by atoms with van der Waals surface area (Å²) >= 11 is 0. The molecule has 34 heavy (non-hydrogen) atoms. The lowest BCUT2D eigenvalue weighted by molar-refractivity contribution is -0.136. The lowest BCUT2D eigenvalue weighted by atomic mass is 9.71. The van der Waals surface area contributed by atoms with E-state index < -0.39 is 5.97 Å². The number of carbonyl (C=O) groups is 1. The first-order valence-corrected chi connectivity index (χ1v) is 12.5. The van der Waals surface area contributed by atoms with Gasteiger partial charge in [-0.15, -0.1) is 0 Å². The summed E-state index contributed by atoms with van der Waals surface area (Å²) in [7, 11) is 4.00. The van der Waals surface area contributed by atoms with E-state index in [-0.39, 0.29) is 17.6 Å². The van der Waals surface area contributed by atoms with Gasteiger partial charge in [-0.3, -0.25) is 4.79 Å². The zero-order valence-electron chi connectivity index (χ0n) is 22.1. The molecule has 2 unspecified atom stereocenters. The number of aryl methyl sites for hydroxylation is 1. The average Bonchev–Trinajstić information content (AvgIpc) is 3.52. The van der Waals surface area contributed by atoms with E-state index in [0.717, 1.165) is 31.1 Å². The van der Waals surface area contributed by atoms with Gasteiger partial charge in [-0.05, 0) is 78.7 Å². The number of benzene rings is 1. The van der Waals surface area contributed by atoms with Crippen LogP contribution in [0.4, 0.5) is 0 Å². The molecule has 0 bridgehead atoms. The van der Waals surface area contributed by atoms with Crippen molar-refractivity contribution >= 4 is 5.97 Å². The van der Waals surface area contributed by atoms with Gasteiger partial charge in [-0.2, -0.15) is 0 Å². The number of epoxide rings is 1. The minimum absolute atomic E-state index is 0.0666. The number of aliphatic carboxylic acids is 1. The molecule has 0 radical (unpaired) electrons. The van der Waals surface area contributed by atoms with E-state index in [4.69, 9.17) is 19.3 Å². The number of rotatable bonds is 11. The predicted molar refractivity (Wildman–Crippen MR) is 137 cm³/mol. The highest BCUT2D eigenvalue weighted by Gasteiger charge is 2.57. The number of likely N-dealkylation sites (N-methyl/N-ethyl adjacent to an activating group) is 1. The molecule has 2 atom stereocenters. The van der Waals surface area contributed by atoms with Crippen molar-refractivity contribution in [2.24, 2.45) is 5.92 Å². The van der Waals surface area contributed by atoms with E-state index in [9.17, 15) is 4.79 Å². The van der Waals surface area contributed by atoms with Crippen molar-refractivity contribution in [1.29, 1.82) is 0 Å². The maximum absolute atomic E-state index is 10.4. The van der Waals surface area contributed by atoms with Crippen LogP contribution in [0.5, 0.6) is 5.75 Å². The second-order valence-corrected chi connectivity index (χ2v) is 10.5. The van der Waals surface area contributed by atoms with Gasteiger partial charge >= 0.3 is 5.97 Å². The van der Waals surface area contributed by atoms with Crippen LogP contribution in [0.3, 0.4) is 0 Å². The van der Waals surface area contributed by atoms with Gasteiger partial charge in [0.05, 0.1) is 24.4 Å². The molecule has 0 aromatic heterocycles. The van der Waals surface area contributed by atoms with Crippen molar-refractivity contribution in [2.45, 2.75) is 77.4 Å². The van der Waals surface area contributed by atoms with Crippen LogP contribution in [0.15, 0.2) is 35.9 Å². The number of nitrogens with zero attached hydrogens (tertiary/aromatic N) is 1. The minimum Gasteiger partial charge on any atom is -0.492 e.